The van der Waals surface area contributed by atoms with Crippen LogP contribution in [0.15, 0.2) is 47.5 Å². The first-order valence-electron chi connectivity index (χ1n) is 8.64. The van der Waals surface area contributed by atoms with Crippen LogP contribution in [0.2, 0.25) is 0 Å². The van der Waals surface area contributed by atoms with Gasteiger partial charge < -0.3 is 4.90 Å². The second kappa shape index (κ2) is 8.21. The average Bonchev–Trinajstić information content (AvgIpc) is 2.67. The van der Waals surface area contributed by atoms with Gasteiger partial charge in [-0.1, -0.05) is 17.7 Å². The van der Waals surface area contributed by atoms with E-state index >= 15 is 0 Å². The number of aromatic amines is 1. The highest BCUT2D eigenvalue weighted by atomic mass is 32.2. The summed E-state index contributed by atoms with van der Waals surface area (Å²) in [5.41, 5.74) is 0.482. The van der Waals surface area contributed by atoms with Crippen LogP contribution in [0.4, 0.5) is 19.0 Å². The molecule has 0 aliphatic carbocycles. The number of halogens is 3. The predicted molar refractivity (Wildman–Crippen MR) is 98.7 cm³/mol. The predicted octanol–water partition coefficient (Wildman–Crippen LogP) is 3.27. The number of carbonyl (C=O) groups excluding carboxylic acids is 1. The number of pyridine rings is 1. The summed E-state index contributed by atoms with van der Waals surface area (Å²) < 4.78 is 37.9. The summed E-state index contributed by atoms with van der Waals surface area (Å²) in [5, 5.41) is 0. The van der Waals surface area contributed by atoms with Crippen molar-refractivity contribution >= 4 is 23.5 Å². The van der Waals surface area contributed by atoms with Crippen LogP contribution in [0.1, 0.15) is 11.1 Å². The van der Waals surface area contributed by atoms with E-state index in [2.05, 4.69) is 4.98 Å². The SMILES string of the molecule is Cc1ccc(SCC(=O)N2CCN(c3ccc(C(F)(F)F)c[nH+]3)CC2)cc1. The maximum Gasteiger partial charge on any atom is 0.419 e. The molecule has 1 saturated heterocycles. The van der Waals surface area contributed by atoms with Gasteiger partial charge in [0.1, 0.15) is 19.3 Å². The Morgan fingerprint density at radius 3 is 2.30 bits per heavy atom. The molecule has 27 heavy (non-hydrogen) atoms. The highest BCUT2D eigenvalue weighted by Crippen LogP contribution is 2.28. The van der Waals surface area contributed by atoms with Crippen molar-refractivity contribution < 1.29 is 22.9 Å². The molecule has 0 bridgehead atoms. The van der Waals surface area contributed by atoms with Gasteiger partial charge >= 0.3 is 6.18 Å². The number of thioether (sulfide) groups is 1. The van der Waals surface area contributed by atoms with Crippen LogP contribution in [0.25, 0.3) is 0 Å². The summed E-state index contributed by atoms with van der Waals surface area (Å²) in [6.07, 6.45) is -3.37. The lowest BCUT2D eigenvalue weighted by Crippen LogP contribution is -2.50. The standard InChI is InChI=1S/C19H20F3N3OS/c1-14-2-5-16(6-3-14)27-13-18(26)25-10-8-24(9-11-25)17-7-4-15(12-23-17)19(20,21)22/h2-7,12H,8-11,13H2,1H3/p+1. The molecule has 4 nitrogen and oxygen atoms in total. The smallest absolute Gasteiger partial charge is 0.334 e. The number of aryl methyl sites for hydroxylation is 1. The third kappa shape index (κ3) is 5.15. The third-order valence-corrected chi connectivity index (χ3v) is 5.48. The van der Waals surface area contributed by atoms with E-state index in [1.807, 2.05) is 41.0 Å². The van der Waals surface area contributed by atoms with Crippen LogP contribution in [0, 0.1) is 6.92 Å². The number of aromatic nitrogens is 1. The minimum atomic E-state index is -4.35. The fourth-order valence-corrected chi connectivity index (χ4v) is 3.66. The van der Waals surface area contributed by atoms with Crippen molar-refractivity contribution in [3.05, 3.63) is 53.7 Å². The van der Waals surface area contributed by atoms with Gasteiger partial charge in [0.25, 0.3) is 5.82 Å². The summed E-state index contributed by atoms with van der Waals surface area (Å²) in [7, 11) is 0. The zero-order valence-electron chi connectivity index (χ0n) is 14.9. The molecule has 1 aliphatic heterocycles. The number of rotatable bonds is 4. The van der Waals surface area contributed by atoms with Gasteiger partial charge in [-0.2, -0.15) is 13.2 Å². The van der Waals surface area contributed by atoms with Crippen molar-refractivity contribution in [3.63, 3.8) is 0 Å². The van der Waals surface area contributed by atoms with Crippen LogP contribution in [0.3, 0.4) is 0 Å². The summed E-state index contributed by atoms with van der Waals surface area (Å²) in [5.74, 6) is 1.09. The molecule has 1 aliphatic rings. The molecule has 2 aromatic rings. The number of carbonyl (C=O) groups is 1. The molecule has 1 aromatic carbocycles. The Morgan fingerprint density at radius 2 is 1.74 bits per heavy atom. The quantitative estimate of drug-likeness (QED) is 0.745. The molecule has 1 amide bonds. The molecule has 0 radical (unpaired) electrons. The molecule has 1 fully saturated rings. The average molecular weight is 396 g/mol. The number of benzene rings is 1. The van der Waals surface area contributed by atoms with E-state index in [0.717, 1.165) is 17.2 Å². The Kier molecular flexibility index (Phi) is 5.94. The fourth-order valence-electron chi connectivity index (χ4n) is 2.86. The molecular formula is C19H21F3N3OS+. The molecule has 0 unspecified atom stereocenters. The summed E-state index contributed by atoms with van der Waals surface area (Å²) in [4.78, 5) is 19.9. The maximum absolute atomic E-state index is 12.6. The topological polar surface area (TPSA) is 37.7 Å². The number of alkyl halides is 3. The number of hydrogen-bond acceptors (Lipinski definition) is 3. The van der Waals surface area contributed by atoms with Crippen LogP contribution < -0.4 is 9.88 Å². The Bertz CT molecular complexity index is 770. The molecule has 1 N–H and O–H groups in total. The summed E-state index contributed by atoms with van der Waals surface area (Å²) in [6, 6.07) is 10.6. The van der Waals surface area contributed by atoms with E-state index in [1.165, 1.54) is 23.4 Å². The second-order valence-corrected chi connectivity index (χ2v) is 7.48. The van der Waals surface area contributed by atoms with Crippen LogP contribution in [-0.4, -0.2) is 42.7 Å². The van der Waals surface area contributed by atoms with Gasteiger partial charge in [-0.05, 0) is 25.1 Å². The highest BCUT2D eigenvalue weighted by Gasteiger charge is 2.33. The van der Waals surface area contributed by atoms with Gasteiger partial charge in [-0.3, -0.25) is 9.69 Å². The minimum Gasteiger partial charge on any atom is -0.334 e. The molecule has 0 saturated carbocycles. The number of amides is 1. The van der Waals surface area contributed by atoms with Crippen molar-refractivity contribution in [2.45, 2.75) is 18.0 Å². The lowest BCUT2D eigenvalue weighted by molar-refractivity contribution is -0.367. The number of piperazine rings is 1. The van der Waals surface area contributed by atoms with Crippen molar-refractivity contribution in [2.24, 2.45) is 0 Å². The zero-order chi connectivity index (χ0) is 19.4. The van der Waals surface area contributed by atoms with E-state index in [1.54, 1.807) is 0 Å². The molecule has 2 heterocycles. The highest BCUT2D eigenvalue weighted by molar-refractivity contribution is 8.00. The normalized spacial score (nSPS) is 15.1. The van der Waals surface area contributed by atoms with Crippen molar-refractivity contribution in [1.82, 2.24) is 4.90 Å². The lowest BCUT2D eigenvalue weighted by Gasteiger charge is -2.31. The lowest BCUT2D eigenvalue weighted by atomic mass is 10.2. The first-order chi connectivity index (χ1) is 12.8. The zero-order valence-corrected chi connectivity index (χ0v) is 15.7. The fraction of sp³-hybridized carbons (Fsp3) is 0.368. The van der Waals surface area contributed by atoms with E-state index in [9.17, 15) is 18.0 Å². The number of nitrogens with zero attached hydrogens (tertiary/aromatic N) is 2. The molecule has 144 valence electrons. The first-order valence-corrected chi connectivity index (χ1v) is 9.62. The monoisotopic (exact) mass is 396 g/mol. The van der Waals surface area contributed by atoms with Gasteiger partial charge in [0.05, 0.1) is 24.4 Å². The minimum absolute atomic E-state index is 0.0802. The number of anilines is 1. The van der Waals surface area contributed by atoms with E-state index in [0.29, 0.717) is 37.7 Å². The van der Waals surface area contributed by atoms with Crippen LogP contribution >= 0.6 is 11.8 Å². The van der Waals surface area contributed by atoms with Gasteiger partial charge in [-0.25, -0.2) is 4.98 Å². The Morgan fingerprint density at radius 1 is 1.07 bits per heavy atom. The number of hydrogen-bond donors (Lipinski definition) is 0. The molecular weight excluding hydrogens is 375 g/mol. The van der Waals surface area contributed by atoms with Gasteiger partial charge in [-0.15, -0.1) is 11.8 Å². The summed E-state index contributed by atoms with van der Waals surface area (Å²) >= 11 is 1.51. The van der Waals surface area contributed by atoms with Gasteiger partial charge in [0.2, 0.25) is 5.91 Å². The molecule has 8 heteroatoms. The van der Waals surface area contributed by atoms with Crippen LogP contribution in [-0.2, 0) is 11.0 Å². The Hall–Kier alpha value is -2.22. The van der Waals surface area contributed by atoms with Gasteiger partial charge in [0.15, 0.2) is 0 Å². The van der Waals surface area contributed by atoms with Crippen molar-refractivity contribution in [3.8, 4) is 0 Å². The Labute approximate surface area is 160 Å². The van der Waals surface area contributed by atoms with E-state index in [-0.39, 0.29) is 5.91 Å². The third-order valence-electron chi connectivity index (χ3n) is 4.48. The van der Waals surface area contributed by atoms with E-state index < -0.39 is 11.7 Å². The Balaban J connectivity index is 1.49. The maximum atomic E-state index is 12.6. The van der Waals surface area contributed by atoms with Crippen molar-refractivity contribution in [2.75, 3.05) is 36.8 Å². The molecule has 1 aromatic heterocycles. The number of H-pyrrole nitrogens is 1. The van der Waals surface area contributed by atoms with Crippen molar-refractivity contribution in [1.29, 1.82) is 0 Å². The largest absolute Gasteiger partial charge is 0.419 e. The first kappa shape index (κ1) is 19.5. The number of nitrogens with one attached hydrogen (secondary N) is 1. The molecule has 0 spiro atoms. The molecule has 3 rings (SSSR count). The molecule has 0 atom stereocenters. The van der Waals surface area contributed by atoms with Crippen LogP contribution in [0.5, 0.6) is 0 Å². The summed E-state index contributed by atoms with van der Waals surface area (Å²) in [6.45, 7) is 4.31. The van der Waals surface area contributed by atoms with E-state index in [4.69, 9.17) is 0 Å². The van der Waals surface area contributed by atoms with Gasteiger partial charge in [0, 0.05) is 11.0 Å². The second-order valence-electron chi connectivity index (χ2n) is 6.43.